The summed E-state index contributed by atoms with van der Waals surface area (Å²) in [5.41, 5.74) is 2.04. The number of nitrogens with zero attached hydrogens (tertiary/aromatic N) is 2. The van der Waals surface area contributed by atoms with Crippen molar-refractivity contribution in [2.24, 2.45) is 0 Å². The third kappa shape index (κ3) is 3.65. The Hall–Kier alpha value is -2.83. The van der Waals surface area contributed by atoms with Crippen LogP contribution in [0.2, 0.25) is 0 Å². The van der Waals surface area contributed by atoms with Crippen molar-refractivity contribution in [2.75, 3.05) is 0 Å². The number of carbonyl (C=O) groups excluding carboxylic acids is 1. The Labute approximate surface area is 145 Å². The number of hydrogen-bond acceptors (Lipinski definition) is 4. The quantitative estimate of drug-likeness (QED) is 0.690. The summed E-state index contributed by atoms with van der Waals surface area (Å²) in [5.74, 6) is 0.729. The largest absolute Gasteiger partial charge is 0.359 e. The average Bonchev–Trinajstić information content (AvgIpc) is 3.20. The zero-order valence-corrected chi connectivity index (χ0v) is 14.4. The van der Waals surface area contributed by atoms with Crippen molar-refractivity contribution in [3.05, 3.63) is 52.3 Å². The molecule has 0 spiro atoms. The van der Waals surface area contributed by atoms with E-state index in [9.17, 15) is 9.59 Å². The number of hydrogen-bond donors (Lipinski definition) is 2. The molecule has 0 aliphatic rings. The van der Waals surface area contributed by atoms with E-state index in [0.29, 0.717) is 22.7 Å². The van der Waals surface area contributed by atoms with Crippen molar-refractivity contribution in [1.82, 2.24) is 20.0 Å². The lowest BCUT2D eigenvalue weighted by Gasteiger charge is -2.06. The van der Waals surface area contributed by atoms with Crippen LogP contribution in [0.4, 0.5) is 0 Å². The Morgan fingerprint density at radius 2 is 2.08 bits per heavy atom. The normalized spacial score (nSPS) is 11.3. The lowest BCUT2D eigenvalue weighted by atomic mass is 9.99. The van der Waals surface area contributed by atoms with E-state index >= 15 is 0 Å². The number of benzene rings is 1. The maximum absolute atomic E-state index is 12.2. The standard InChI is InChI=1S/C18H22N4O3/c1-3-12(4-2)15-9-13(25-21-15)10-19-17(23)11-22-16-8-6-5-7-14(16)20-18(22)24/h5-9,12H,3-4,10-11H2,1-2H3,(H,19,23)(H,20,24). The maximum Gasteiger partial charge on any atom is 0.326 e. The number of H-pyrrole nitrogens is 1. The van der Waals surface area contributed by atoms with Crippen LogP contribution in [-0.4, -0.2) is 20.6 Å². The van der Waals surface area contributed by atoms with Crippen LogP contribution in [0.5, 0.6) is 0 Å². The van der Waals surface area contributed by atoms with Crippen LogP contribution < -0.4 is 11.0 Å². The Morgan fingerprint density at radius 1 is 1.32 bits per heavy atom. The summed E-state index contributed by atoms with van der Waals surface area (Å²) in [6.45, 7) is 4.44. The number of aromatic amines is 1. The molecule has 0 aliphatic heterocycles. The second-order valence-corrected chi connectivity index (χ2v) is 6.04. The maximum atomic E-state index is 12.2. The molecule has 3 rings (SSSR count). The SMILES string of the molecule is CCC(CC)c1cc(CNC(=O)Cn2c(=O)[nH]c3ccccc32)on1. The van der Waals surface area contributed by atoms with Crippen molar-refractivity contribution in [1.29, 1.82) is 0 Å². The first-order chi connectivity index (χ1) is 12.1. The first kappa shape index (κ1) is 17.0. The summed E-state index contributed by atoms with van der Waals surface area (Å²) in [6.07, 6.45) is 2.00. The minimum Gasteiger partial charge on any atom is -0.359 e. The van der Waals surface area contributed by atoms with Crippen LogP contribution in [0.3, 0.4) is 0 Å². The fourth-order valence-electron chi connectivity index (χ4n) is 2.96. The molecule has 7 nitrogen and oxygen atoms in total. The minimum absolute atomic E-state index is 0.0453. The van der Waals surface area contributed by atoms with Gasteiger partial charge in [-0.2, -0.15) is 0 Å². The van der Waals surface area contributed by atoms with Gasteiger partial charge in [0.2, 0.25) is 5.91 Å². The molecule has 3 aromatic rings. The Bertz CT molecular complexity index is 918. The topological polar surface area (TPSA) is 92.9 Å². The minimum atomic E-state index is -0.299. The van der Waals surface area contributed by atoms with E-state index in [2.05, 4.69) is 29.3 Å². The Morgan fingerprint density at radius 3 is 2.84 bits per heavy atom. The summed E-state index contributed by atoms with van der Waals surface area (Å²) in [5, 5.41) is 6.85. The van der Waals surface area contributed by atoms with E-state index in [1.165, 1.54) is 4.57 Å². The van der Waals surface area contributed by atoms with Gasteiger partial charge in [-0.1, -0.05) is 31.1 Å². The number of aromatic nitrogens is 3. The number of amides is 1. The summed E-state index contributed by atoms with van der Waals surface area (Å²) in [6, 6.07) is 9.16. The molecule has 1 amide bonds. The number of nitrogens with one attached hydrogen (secondary N) is 2. The van der Waals surface area contributed by atoms with E-state index in [1.54, 1.807) is 12.1 Å². The predicted octanol–water partition coefficient (Wildman–Crippen LogP) is 2.54. The fourth-order valence-corrected chi connectivity index (χ4v) is 2.96. The van der Waals surface area contributed by atoms with Gasteiger partial charge in [0.15, 0.2) is 5.76 Å². The van der Waals surface area contributed by atoms with Crippen molar-refractivity contribution >= 4 is 16.9 Å². The molecule has 25 heavy (non-hydrogen) atoms. The number of para-hydroxylation sites is 2. The summed E-state index contributed by atoms with van der Waals surface area (Å²) >= 11 is 0. The van der Waals surface area contributed by atoms with Crippen LogP contribution >= 0.6 is 0 Å². The molecule has 0 aliphatic carbocycles. The predicted molar refractivity (Wildman–Crippen MR) is 94.2 cm³/mol. The third-order valence-corrected chi connectivity index (χ3v) is 4.42. The second-order valence-electron chi connectivity index (χ2n) is 6.04. The summed E-state index contributed by atoms with van der Waals surface area (Å²) in [7, 11) is 0. The molecule has 2 aromatic heterocycles. The van der Waals surface area contributed by atoms with Gasteiger partial charge >= 0.3 is 5.69 Å². The molecular formula is C18H22N4O3. The molecule has 0 bridgehead atoms. The average molecular weight is 342 g/mol. The van der Waals surface area contributed by atoms with Gasteiger partial charge in [0.25, 0.3) is 0 Å². The van der Waals surface area contributed by atoms with Crippen molar-refractivity contribution in [2.45, 2.75) is 45.7 Å². The number of imidazole rings is 1. The molecule has 2 N–H and O–H groups in total. The van der Waals surface area contributed by atoms with Crippen LogP contribution in [0.1, 0.15) is 44.1 Å². The highest BCUT2D eigenvalue weighted by Gasteiger charge is 2.14. The fraction of sp³-hybridized carbons (Fsp3) is 0.389. The van der Waals surface area contributed by atoms with Crippen molar-refractivity contribution in [3.8, 4) is 0 Å². The van der Waals surface area contributed by atoms with Crippen LogP contribution in [0.25, 0.3) is 11.0 Å². The zero-order chi connectivity index (χ0) is 17.8. The van der Waals surface area contributed by atoms with Crippen LogP contribution in [0, 0.1) is 0 Å². The molecule has 0 radical (unpaired) electrons. The number of carbonyl (C=O) groups is 1. The summed E-state index contributed by atoms with van der Waals surface area (Å²) < 4.78 is 6.71. The van der Waals surface area contributed by atoms with E-state index in [0.717, 1.165) is 18.5 Å². The van der Waals surface area contributed by atoms with Gasteiger partial charge in [0.1, 0.15) is 6.54 Å². The molecule has 7 heteroatoms. The molecule has 0 unspecified atom stereocenters. The monoisotopic (exact) mass is 342 g/mol. The van der Waals surface area contributed by atoms with E-state index < -0.39 is 0 Å². The van der Waals surface area contributed by atoms with Gasteiger partial charge in [0, 0.05) is 12.0 Å². The molecule has 0 atom stereocenters. The highest BCUT2D eigenvalue weighted by atomic mass is 16.5. The second kappa shape index (κ2) is 7.38. The molecule has 0 fully saturated rings. The smallest absolute Gasteiger partial charge is 0.326 e. The van der Waals surface area contributed by atoms with E-state index in [4.69, 9.17) is 4.52 Å². The molecule has 2 heterocycles. The Balaban J connectivity index is 1.63. The Kier molecular flexibility index (Phi) is 5.02. The third-order valence-electron chi connectivity index (χ3n) is 4.42. The van der Waals surface area contributed by atoms with Gasteiger partial charge in [-0.15, -0.1) is 0 Å². The first-order valence-corrected chi connectivity index (χ1v) is 8.52. The lowest BCUT2D eigenvalue weighted by Crippen LogP contribution is -2.30. The van der Waals surface area contributed by atoms with Gasteiger partial charge in [-0.25, -0.2) is 4.79 Å². The van der Waals surface area contributed by atoms with Gasteiger partial charge in [-0.3, -0.25) is 9.36 Å². The van der Waals surface area contributed by atoms with Crippen molar-refractivity contribution in [3.63, 3.8) is 0 Å². The highest BCUT2D eigenvalue weighted by molar-refractivity contribution is 5.80. The molecule has 0 saturated heterocycles. The van der Waals surface area contributed by atoms with Gasteiger partial charge in [-0.05, 0) is 25.0 Å². The number of fused-ring (bicyclic) bond motifs is 1. The highest BCUT2D eigenvalue weighted by Crippen LogP contribution is 2.22. The van der Waals surface area contributed by atoms with Crippen LogP contribution in [-0.2, 0) is 17.9 Å². The lowest BCUT2D eigenvalue weighted by molar-refractivity contribution is -0.121. The van der Waals surface area contributed by atoms with E-state index in [1.807, 2.05) is 18.2 Å². The molecular weight excluding hydrogens is 320 g/mol. The number of rotatable bonds is 7. The molecule has 1 aromatic carbocycles. The van der Waals surface area contributed by atoms with E-state index in [-0.39, 0.29) is 24.7 Å². The van der Waals surface area contributed by atoms with Gasteiger partial charge < -0.3 is 14.8 Å². The molecule has 0 saturated carbocycles. The van der Waals surface area contributed by atoms with Gasteiger partial charge in [0.05, 0.1) is 23.3 Å². The first-order valence-electron chi connectivity index (χ1n) is 8.52. The molecule has 132 valence electrons. The van der Waals surface area contributed by atoms with Crippen LogP contribution in [0.15, 0.2) is 39.6 Å². The van der Waals surface area contributed by atoms with Crippen molar-refractivity contribution < 1.29 is 9.32 Å². The zero-order valence-electron chi connectivity index (χ0n) is 14.4. The summed E-state index contributed by atoms with van der Waals surface area (Å²) in [4.78, 5) is 26.9.